The van der Waals surface area contributed by atoms with Gasteiger partial charge in [0, 0.05) is 24.2 Å². The maximum Gasteiger partial charge on any atom is 0.269 e. The van der Waals surface area contributed by atoms with Gasteiger partial charge in [0.15, 0.2) is 0 Å². The predicted molar refractivity (Wildman–Crippen MR) is 78.4 cm³/mol. The zero-order chi connectivity index (χ0) is 15.2. The van der Waals surface area contributed by atoms with Crippen LogP contribution in [0.2, 0.25) is 0 Å². The summed E-state index contributed by atoms with van der Waals surface area (Å²) in [6.45, 7) is 4.77. The number of carbonyl (C=O) groups is 1. The molecular formula is C14H21N3O3. The summed E-state index contributed by atoms with van der Waals surface area (Å²) >= 11 is 0. The molecule has 6 nitrogen and oxygen atoms in total. The number of carbonyl (C=O) groups excluding carboxylic acids is 1. The van der Waals surface area contributed by atoms with E-state index in [2.05, 4.69) is 19.2 Å². The maximum atomic E-state index is 11.8. The molecule has 1 aromatic rings. The number of rotatable bonds is 7. The van der Waals surface area contributed by atoms with E-state index < -0.39 is 4.92 Å². The number of benzene rings is 1. The van der Waals surface area contributed by atoms with Gasteiger partial charge in [0.05, 0.1) is 4.92 Å². The van der Waals surface area contributed by atoms with Crippen molar-refractivity contribution in [2.45, 2.75) is 33.1 Å². The Kier molecular flexibility index (Phi) is 5.64. The summed E-state index contributed by atoms with van der Waals surface area (Å²) in [7, 11) is 0. The first-order valence-electron chi connectivity index (χ1n) is 6.58. The molecule has 3 N–H and O–H groups in total. The average Bonchev–Trinajstić information content (AvgIpc) is 2.37. The Morgan fingerprint density at radius 3 is 2.40 bits per heavy atom. The van der Waals surface area contributed by atoms with Gasteiger partial charge in [-0.15, -0.1) is 0 Å². The molecular weight excluding hydrogens is 258 g/mol. The molecule has 110 valence electrons. The van der Waals surface area contributed by atoms with Crippen LogP contribution in [-0.2, 0) is 4.79 Å². The van der Waals surface area contributed by atoms with Crippen molar-refractivity contribution in [3.63, 3.8) is 0 Å². The fourth-order valence-electron chi connectivity index (χ4n) is 1.86. The van der Waals surface area contributed by atoms with Crippen molar-refractivity contribution in [1.29, 1.82) is 0 Å². The van der Waals surface area contributed by atoms with Crippen LogP contribution >= 0.6 is 0 Å². The molecule has 1 aromatic carbocycles. The normalized spacial score (nSPS) is 11.2. The maximum absolute atomic E-state index is 11.8. The molecule has 1 rings (SSSR count). The molecule has 0 atom stereocenters. The van der Waals surface area contributed by atoms with Gasteiger partial charge in [0.1, 0.15) is 0 Å². The smallest absolute Gasteiger partial charge is 0.269 e. The van der Waals surface area contributed by atoms with Crippen molar-refractivity contribution in [1.82, 2.24) is 0 Å². The highest BCUT2D eigenvalue weighted by Gasteiger charge is 2.18. The summed E-state index contributed by atoms with van der Waals surface area (Å²) in [5.41, 5.74) is 6.14. The summed E-state index contributed by atoms with van der Waals surface area (Å²) in [6, 6.07) is 5.80. The van der Waals surface area contributed by atoms with Crippen LogP contribution < -0.4 is 11.1 Å². The number of nitrogens with zero attached hydrogens (tertiary/aromatic N) is 1. The number of nitrogens with two attached hydrogens (primary N) is 1. The Bertz CT molecular complexity index is 469. The average molecular weight is 279 g/mol. The molecule has 20 heavy (non-hydrogen) atoms. The van der Waals surface area contributed by atoms with E-state index in [1.54, 1.807) is 0 Å². The van der Waals surface area contributed by atoms with Gasteiger partial charge < -0.3 is 11.1 Å². The second-order valence-electron chi connectivity index (χ2n) is 5.56. The highest BCUT2D eigenvalue weighted by Crippen LogP contribution is 2.26. The molecule has 0 saturated heterocycles. The van der Waals surface area contributed by atoms with Gasteiger partial charge >= 0.3 is 0 Å². The summed E-state index contributed by atoms with van der Waals surface area (Å²) < 4.78 is 0. The Labute approximate surface area is 118 Å². The second-order valence-corrected chi connectivity index (χ2v) is 5.56. The summed E-state index contributed by atoms with van der Waals surface area (Å²) in [5, 5.41) is 13.2. The minimum absolute atomic E-state index is 0.00655. The SMILES string of the molecule is CC(C)(CCN)CCC(=O)Nc1ccc([N+](=O)[O-])cc1. The molecule has 6 heteroatoms. The van der Waals surface area contributed by atoms with Crippen molar-refractivity contribution >= 4 is 17.3 Å². The van der Waals surface area contributed by atoms with Crippen LogP contribution in [-0.4, -0.2) is 17.4 Å². The van der Waals surface area contributed by atoms with Gasteiger partial charge in [0.25, 0.3) is 5.69 Å². The highest BCUT2D eigenvalue weighted by molar-refractivity contribution is 5.90. The first kappa shape index (κ1) is 16.1. The Balaban J connectivity index is 2.48. The highest BCUT2D eigenvalue weighted by atomic mass is 16.6. The molecule has 0 bridgehead atoms. The monoisotopic (exact) mass is 279 g/mol. The van der Waals surface area contributed by atoms with Crippen molar-refractivity contribution in [3.05, 3.63) is 34.4 Å². The first-order valence-corrected chi connectivity index (χ1v) is 6.58. The van der Waals surface area contributed by atoms with E-state index in [1.165, 1.54) is 24.3 Å². The molecule has 0 spiro atoms. The zero-order valence-corrected chi connectivity index (χ0v) is 11.9. The molecule has 1 amide bonds. The lowest BCUT2D eigenvalue weighted by molar-refractivity contribution is -0.384. The molecule has 0 aliphatic rings. The zero-order valence-electron chi connectivity index (χ0n) is 11.9. The molecule has 0 saturated carbocycles. The number of nitrogens with one attached hydrogen (secondary N) is 1. The van der Waals surface area contributed by atoms with Crippen LogP contribution in [0.3, 0.4) is 0 Å². The van der Waals surface area contributed by atoms with Gasteiger partial charge in [-0.05, 0) is 36.9 Å². The van der Waals surface area contributed by atoms with Crippen LogP contribution in [0.1, 0.15) is 33.1 Å². The van der Waals surface area contributed by atoms with E-state index in [1.807, 2.05) is 0 Å². The van der Waals surface area contributed by atoms with Crippen LogP contribution in [0.15, 0.2) is 24.3 Å². The predicted octanol–water partition coefficient (Wildman–Crippen LogP) is 2.69. The molecule has 0 fully saturated rings. The van der Waals surface area contributed by atoms with Gasteiger partial charge in [-0.3, -0.25) is 14.9 Å². The van der Waals surface area contributed by atoms with Crippen molar-refractivity contribution in [3.8, 4) is 0 Å². The molecule has 0 unspecified atom stereocenters. The number of non-ortho nitro benzene ring substituents is 1. The number of anilines is 1. The molecule has 0 radical (unpaired) electrons. The standard InChI is InChI=1S/C14H21N3O3/c1-14(2,9-10-15)8-7-13(18)16-11-3-5-12(6-4-11)17(19)20/h3-6H,7-10,15H2,1-2H3,(H,16,18). The van der Waals surface area contributed by atoms with E-state index >= 15 is 0 Å². The van der Waals surface area contributed by atoms with Crippen LogP contribution in [0.5, 0.6) is 0 Å². The third kappa shape index (κ3) is 5.36. The summed E-state index contributed by atoms with van der Waals surface area (Å²) in [6.07, 6.45) is 2.03. The number of amides is 1. The molecule has 0 aromatic heterocycles. The fraction of sp³-hybridized carbons (Fsp3) is 0.500. The summed E-state index contributed by atoms with van der Waals surface area (Å²) in [5.74, 6) is -0.0936. The van der Waals surface area contributed by atoms with Gasteiger partial charge in [-0.2, -0.15) is 0 Å². The topological polar surface area (TPSA) is 98.3 Å². The van der Waals surface area contributed by atoms with Crippen molar-refractivity contribution in [2.75, 3.05) is 11.9 Å². The largest absolute Gasteiger partial charge is 0.330 e. The number of hydrogen-bond acceptors (Lipinski definition) is 4. The number of nitro groups is 1. The molecule has 0 heterocycles. The van der Waals surface area contributed by atoms with E-state index in [0.29, 0.717) is 18.7 Å². The van der Waals surface area contributed by atoms with Gasteiger partial charge in [-0.25, -0.2) is 0 Å². The lowest BCUT2D eigenvalue weighted by Crippen LogP contribution is -2.20. The number of hydrogen-bond donors (Lipinski definition) is 2. The Hall–Kier alpha value is -1.95. The van der Waals surface area contributed by atoms with E-state index in [-0.39, 0.29) is 17.0 Å². The Morgan fingerprint density at radius 1 is 1.30 bits per heavy atom. The van der Waals surface area contributed by atoms with Gasteiger partial charge in [-0.1, -0.05) is 13.8 Å². The van der Waals surface area contributed by atoms with Crippen LogP contribution in [0.25, 0.3) is 0 Å². The fourth-order valence-corrected chi connectivity index (χ4v) is 1.86. The lowest BCUT2D eigenvalue weighted by atomic mass is 9.84. The molecule has 0 aliphatic heterocycles. The van der Waals surface area contributed by atoms with Crippen LogP contribution in [0, 0.1) is 15.5 Å². The van der Waals surface area contributed by atoms with E-state index in [0.717, 1.165) is 12.8 Å². The van der Waals surface area contributed by atoms with E-state index in [9.17, 15) is 14.9 Å². The minimum Gasteiger partial charge on any atom is -0.330 e. The minimum atomic E-state index is -0.471. The van der Waals surface area contributed by atoms with E-state index in [4.69, 9.17) is 5.73 Å². The Morgan fingerprint density at radius 2 is 1.90 bits per heavy atom. The first-order chi connectivity index (χ1) is 9.34. The molecule has 0 aliphatic carbocycles. The number of nitro benzene ring substituents is 1. The summed E-state index contributed by atoms with van der Waals surface area (Å²) in [4.78, 5) is 21.9. The van der Waals surface area contributed by atoms with Crippen molar-refractivity contribution < 1.29 is 9.72 Å². The third-order valence-corrected chi connectivity index (χ3v) is 3.21. The van der Waals surface area contributed by atoms with Crippen molar-refractivity contribution in [2.24, 2.45) is 11.1 Å². The second kappa shape index (κ2) is 7.00. The van der Waals surface area contributed by atoms with Crippen LogP contribution in [0.4, 0.5) is 11.4 Å². The quantitative estimate of drug-likeness (QED) is 0.592. The van der Waals surface area contributed by atoms with Gasteiger partial charge in [0.2, 0.25) is 5.91 Å². The third-order valence-electron chi connectivity index (χ3n) is 3.21. The lowest BCUT2D eigenvalue weighted by Gasteiger charge is -2.23.